The van der Waals surface area contributed by atoms with E-state index in [-0.39, 0.29) is 17.4 Å². The van der Waals surface area contributed by atoms with Crippen LogP contribution in [0.5, 0.6) is 11.5 Å². The summed E-state index contributed by atoms with van der Waals surface area (Å²) in [5.74, 6) is -0.633. The van der Waals surface area contributed by atoms with Crippen LogP contribution < -0.4 is 13.8 Å². The third-order valence-corrected chi connectivity index (χ3v) is 5.18. The second kappa shape index (κ2) is 7.20. The summed E-state index contributed by atoms with van der Waals surface area (Å²) < 4.78 is 31.4. The molecule has 1 aliphatic rings. The number of rotatable bonds is 5. The number of ether oxygens (including phenoxy) is 1. The Hall–Kier alpha value is -3.20. The van der Waals surface area contributed by atoms with Crippen LogP contribution in [0.1, 0.15) is 18.1 Å². The number of hydrogen-bond donors (Lipinski definition) is 3. The van der Waals surface area contributed by atoms with Gasteiger partial charge in [-0.25, -0.2) is 9.03 Å². The summed E-state index contributed by atoms with van der Waals surface area (Å²) in [6.07, 6.45) is 2.28. The van der Waals surface area contributed by atoms with E-state index in [9.17, 15) is 23.4 Å². The van der Waals surface area contributed by atoms with Crippen molar-refractivity contribution in [2.24, 2.45) is 0 Å². The van der Waals surface area contributed by atoms with Crippen LogP contribution in [-0.2, 0) is 27.8 Å². The largest absolute Gasteiger partial charge is 0.506 e. The minimum absolute atomic E-state index is 0.0426. The van der Waals surface area contributed by atoms with Gasteiger partial charge in [0.2, 0.25) is 5.88 Å². The summed E-state index contributed by atoms with van der Waals surface area (Å²) in [7, 11) is -3.95. The molecule has 0 fully saturated rings. The molecule has 0 saturated carbocycles. The van der Waals surface area contributed by atoms with Crippen LogP contribution in [-0.4, -0.2) is 24.6 Å². The van der Waals surface area contributed by atoms with Crippen molar-refractivity contribution in [1.29, 1.82) is 0 Å². The van der Waals surface area contributed by atoms with Crippen LogP contribution in [0.15, 0.2) is 54.5 Å². The van der Waals surface area contributed by atoms with Gasteiger partial charge in [-0.2, -0.15) is 8.42 Å². The molecule has 0 atom stereocenters. The SMILES string of the molecule is CC(=O)Oc1ccc(CCc2ccc(N3C=C(O)NS3(=O)=O)c(O)c2)cc1. The van der Waals surface area contributed by atoms with Crippen LogP contribution in [0.4, 0.5) is 5.69 Å². The molecule has 0 radical (unpaired) electrons. The molecule has 27 heavy (non-hydrogen) atoms. The maximum absolute atomic E-state index is 11.9. The Kier molecular flexibility index (Phi) is 4.95. The fourth-order valence-corrected chi connectivity index (χ4v) is 3.74. The Balaban J connectivity index is 1.69. The highest BCUT2D eigenvalue weighted by Gasteiger charge is 2.30. The van der Waals surface area contributed by atoms with Crippen LogP contribution >= 0.6 is 0 Å². The van der Waals surface area contributed by atoms with Crippen molar-refractivity contribution in [3.05, 3.63) is 65.7 Å². The first kappa shape index (κ1) is 18.6. The molecule has 0 saturated heterocycles. The van der Waals surface area contributed by atoms with Crippen molar-refractivity contribution < 1.29 is 28.2 Å². The molecule has 0 aromatic heterocycles. The highest BCUT2D eigenvalue weighted by molar-refractivity contribution is 7.91. The quantitative estimate of drug-likeness (QED) is 0.532. The van der Waals surface area contributed by atoms with Crippen LogP contribution in [0.3, 0.4) is 0 Å². The lowest BCUT2D eigenvalue weighted by atomic mass is 10.0. The smallest absolute Gasteiger partial charge is 0.330 e. The molecule has 2 aromatic carbocycles. The van der Waals surface area contributed by atoms with E-state index in [1.807, 2.05) is 16.9 Å². The van der Waals surface area contributed by atoms with Crippen LogP contribution in [0, 0.1) is 0 Å². The van der Waals surface area contributed by atoms with Crippen molar-refractivity contribution >= 4 is 21.9 Å². The molecule has 142 valence electrons. The highest BCUT2D eigenvalue weighted by atomic mass is 32.2. The monoisotopic (exact) mass is 390 g/mol. The molecule has 0 amide bonds. The number of nitrogens with zero attached hydrogens (tertiary/aromatic N) is 1. The first-order valence-electron chi connectivity index (χ1n) is 8.07. The second-order valence-corrected chi connectivity index (χ2v) is 7.53. The zero-order valence-electron chi connectivity index (χ0n) is 14.4. The Morgan fingerprint density at radius 3 is 2.26 bits per heavy atom. The number of phenols is 1. The van der Waals surface area contributed by atoms with Gasteiger partial charge in [0.15, 0.2) is 0 Å². The van der Waals surface area contributed by atoms with Crippen molar-refractivity contribution in [1.82, 2.24) is 4.72 Å². The number of aryl methyl sites for hydroxylation is 2. The average Bonchev–Trinajstić information content (AvgIpc) is 2.86. The molecule has 3 N–H and O–H groups in total. The third-order valence-electron chi connectivity index (χ3n) is 3.90. The van der Waals surface area contributed by atoms with Crippen molar-refractivity contribution in [2.75, 3.05) is 4.31 Å². The Labute approximate surface area is 156 Å². The molecular weight excluding hydrogens is 372 g/mol. The molecule has 0 aliphatic carbocycles. The molecule has 0 unspecified atom stereocenters. The number of esters is 1. The lowest BCUT2D eigenvalue weighted by Crippen LogP contribution is -2.29. The van der Waals surface area contributed by atoms with Gasteiger partial charge < -0.3 is 14.9 Å². The molecule has 9 heteroatoms. The Bertz CT molecular complexity index is 999. The van der Waals surface area contributed by atoms with Crippen LogP contribution in [0.2, 0.25) is 0 Å². The van der Waals surface area contributed by atoms with E-state index in [1.54, 1.807) is 18.2 Å². The van der Waals surface area contributed by atoms with Crippen molar-refractivity contribution in [3.8, 4) is 11.5 Å². The fourth-order valence-electron chi connectivity index (χ4n) is 2.68. The summed E-state index contributed by atoms with van der Waals surface area (Å²) in [5, 5.41) is 19.5. The number of phenolic OH excluding ortho intramolecular Hbond substituents is 1. The van der Waals surface area contributed by atoms with E-state index in [0.717, 1.165) is 21.6 Å². The van der Waals surface area contributed by atoms with Gasteiger partial charge in [0.25, 0.3) is 0 Å². The summed E-state index contributed by atoms with van der Waals surface area (Å²) in [6, 6.07) is 11.8. The van der Waals surface area contributed by atoms with Gasteiger partial charge in [0, 0.05) is 6.92 Å². The number of aliphatic hydroxyl groups is 1. The van der Waals surface area contributed by atoms with Gasteiger partial charge in [-0.05, 0) is 48.2 Å². The minimum atomic E-state index is -3.95. The Morgan fingerprint density at radius 2 is 1.70 bits per heavy atom. The molecule has 1 aliphatic heterocycles. The standard InChI is InChI=1S/C18H18N2O6S/c1-12(21)26-15-7-4-13(5-8-15)2-3-14-6-9-16(17(22)10-14)20-11-18(23)19-27(20,24)25/h4-11,19,22-23H,2-3H2,1H3. The second-order valence-electron chi connectivity index (χ2n) is 5.98. The zero-order valence-corrected chi connectivity index (χ0v) is 15.2. The maximum Gasteiger partial charge on any atom is 0.330 e. The van der Waals surface area contributed by atoms with Gasteiger partial charge in [-0.3, -0.25) is 4.79 Å². The summed E-state index contributed by atoms with van der Waals surface area (Å²) >= 11 is 0. The van der Waals surface area contributed by atoms with Gasteiger partial charge in [0.05, 0.1) is 6.20 Å². The van der Waals surface area contributed by atoms with E-state index in [1.165, 1.54) is 19.1 Å². The van der Waals surface area contributed by atoms with E-state index in [4.69, 9.17) is 4.74 Å². The normalized spacial score (nSPS) is 15.1. The van der Waals surface area contributed by atoms with Crippen LogP contribution in [0.25, 0.3) is 0 Å². The number of anilines is 1. The van der Waals surface area contributed by atoms with E-state index in [2.05, 4.69) is 0 Å². The number of nitrogens with one attached hydrogen (secondary N) is 1. The number of benzene rings is 2. The maximum atomic E-state index is 11.9. The number of aromatic hydroxyl groups is 1. The molecule has 1 heterocycles. The lowest BCUT2D eigenvalue weighted by Gasteiger charge is -2.16. The fraction of sp³-hybridized carbons (Fsp3) is 0.167. The molecule has 2 aromatic rings. The lowest BCUT2D eigenvalue weighted by molar-refractivity contribution is -0.131. The zero-order chi connectivity index (χ0) is 19.6. The first-order chi connectivity index (χ1) is 12.7. The first-order valence-corrected chi connectivity index (χ1v) is 9.51. The van der Waals surface area contributed by atoms with Gasteiger partial charge in [0.1, 0.15) is 17.2 Å². The van der Waals surface area contributed by atoms with Crippen molar-refractivity contribution in [2.45, 2.75) is 19.8 Å². The minimum Gasteiger partial charge on any atom is -0.506 e. The summed E-state index contributed by atoms with van der Waals surface area (Å²) in [5.41, 5.74) is 1.88. The molecule has 0 spiro atoms. The van der Waals surface area contributed by atoms with Gasteiger partial charge in [-0.1, -0.05) is 18.2 Å². The van der Waals surface area contributed by atoms with Crippen molar-refractivity contribution in [3.63, 3.8) is 0 Å². The van der Waals surface area contributed by atoms with E-state index in [0.29, 0.717) is 18.6 Å². The van der Waals surface area contributed by atoms with E-state index < -0.39 is 16.1 Å². The molecular formula is C18H18N2O6S. The number of hydrogen-bond acceptors (Lipinski definition) is 6. The predicted molar refractivity (Wildman–Crippen MR) is 98.5 cm³/mol. The molecule has 0 bridgehead atoms. The predicted octanol–water partition coefficient (Wildman–Crippen LogP) is 2.11. The topological polar surface area (TPSA) is 116 Å². The van der Waals surface area contributed by atoms with Gasteiger partial charge in [-0.15, -0.1) is 0 Å². The third kappa shape index (κ3) is 4.32. The summed E-state index contributed by atoms with van der Waals surface area (Å²) in [6.45, 7) is 1.34. The Morgan fingerprint density at radius 1 is 1.07 bits per heavy atom. The number of aliphatic hydroxyl groups excluding tert-OH is 1. The average molecular weight is 390 g/mol. The number of carbonyl (C=O) groups excluding carboxylic acids is 1. The summed E-state index contributed by atoms with van der Waals surface area (Å²) in [4.78, 5) is 10.9. The van der Waals surface area contributed by atoms with Gasteiger partial charge >= 0.3 is 16.2 Å². The van der Waals surface area contributed by atoms with E-state index >= 15 is 0 Å². The number of carbonyl (C=O) groups is 1. The molecule has 8 nitrogen and oxygen atoms in total. The highest BCUT2D eigenvalue weighted by Crippen LogP contribution is 2.32. The molecule has 3 rings (SSSR count).